The number of carbonyl (C=O) groups is 1. The molecule has 0 saturated heterocycles. The Kier molecular flexibility index (Phi) is 3.07. The average molecular weight is 359 g/mol. The van der Waals surface area contributed by atoms with Gasteiger partial charge in [0, 0.05) is 17.0 Å². The van der Waals surface area contributed by atoms with Crippen LogP contribution in [0.3, 0.4) is 0 Å². The van der Waals surface area contributed by atoms with Gasteiger partial charge in [-0.05, 0) is 31.2 Å². The third-order valence-corrected chi connectivity index (χ3v) is 5.19. The number of fused-ring (bicyclic) bond motifs is 4. The van der Waals surface area contributed by atoms with Crippen LogP contribution in [0, 0.1) is 12.7 Å². The lowest BCUT2D eigenvalue weighted by Crippen LogP contribution is -2.34. The second-order valence-corrected chi connectivity index (χ2v) is 6.90. The molecule has 0 aliphatic carbocycles. The summed E-state index contributed by atoms with van der Waals surface area (Å²) < 4.78 is 23.0. The number of rotatable bonds is 1. The maximum atomic E-state index is 15.0. The van der Waals surface area contributed by atoms with Crippen molar-refractivity contribution in [3.8, 4) is 22.8 Å². The molecule has 0 saturated carbocycles. The third-order valence-electron chi connectivity index (χ3n) is 5.19. The Hall–Kier alpha value is -3.47. The number of nitrogens with zero attached hydrogens (tertiary/aromatic N) is 1. The summed E-state index contributed by atoms with van der Waals surface area (Å²) in [5.74, 6) is 0.310. The molecule has 5 heteroatoms. The van der Waals surface area contributed by atoms with Gasteiger partial charge in [0.05, 0.1) is 16.3 Å². The summed E-state index contributed by atoms with van der Waals surface area (Å²) in [4.78, 5) is 11.7. The molecule has 1 aromatic heterocycles. The van der Waals surface area contributed by atoms with E-state index in [4.69, 9.17) is 10.5 Å². The minimum atomic E-state index is -0.655. The molecule has 4 aromatic rings. The zero-order valence-corrected chi connectivity index (χ0v) is 14.8. The van der Waals surface area contributed by atoms with Crippen molar-refractivity contribution in [1.29, 1.82) is 0 Å². The molecule has 4 nitrogen and oxygen atoms in total. The second-order valence-electron chi connectivity index (χ2n) is 6.90. The molecule has 0 fully saturated rings. The smallest absolute Gasteiger partial charge is 0.249 e. The summed E-state index contributed by atoms with van der Waals surface area (Å²) in [6, 6.07) is 14.4. The molecule has 1 aliphatic heterocycles. The van der Waals surface area contributed by atoms with Crippen molar-refractivity contribution in [2.24, 2.45) is 12.8 Å². The fraction of sp³-hybridized carbons (Fsp3) is 0.0909. The maximum Gasteiger partial charge on any atom is 0.249 e. The van der Waals surface area contributed by atoms with E-state index in [1.165, 1.54) is 6.07 Å². The molecule has 27 heavy (non-hydrogen) atoms. The molecule has 0 bridgehead atoms. The van der Waals surface area contributed by atoms with Gasteiger partial charge in [0.15, 0.2) is 0 Å². The van der Waals surface area contributed by atoms with E-state index in [9.17, 15) is 4.79 Å². The normalized spacial score (nSPS) is 12.1. The highest BCUT2D eigenvalue weighted by Gasteiger charge is 2.31. The summed E-state index contributed by atoms with van der Waals surface area (Å²) in [5, 5.41) is 2.05. The highest BCUT2D eigenvalue weighted by molar-refractivity contribution is 6.13. The Morgan fingerprint density at radius 1 is 1.07 bits per heavy atom. The Bertz CT molecular complexity index is 1310. The lowest BCUT2D eigenvalue weighted by atomic mass is 9.94. The largest absolute Gasteiger partial charge is 0.456 e. The molecule has 0 radical (unpaired) electrons. The number of amides is 1. The molecule has 3 aromatic carbocycles. The van der Waals surface area contributed by atoms with Crippen LogP contribution in [-0.4, -0.2) is 5.91 Å². The van der Waals surface area contributed by atoms with Gasteiger partial charge in [0.2, 0.25) is 17.1 Å². The number of nitrogens with two attached hydrogens (primary N) is 1. The van der Waals surface area contributed by atoms with E-state index < -0.39 is 11.7 Å². The van der Waals surface area contributed by atoms with Crippen LogP contribution >= 0.6 is 0 Å². The van der Waals surface area contributed by atoms with Gasteiger partial charge in [0.1, 0.15) is 24.4 Å². The van der Waals surface area contributed by atoms with Crippen molar-refractivity contribution in [2.75, 3.05) is 0 Å². The number of halogens is 1. The molecular formula is C22H16FN2O2+. The van der Waals surface area contributed by atoms with E-state index >= 15 is 4.39 Å². The predicted molar refractivity (Wildman–Crippen MR) is 101 cm³/mol. The van der Waals surface area contributed by atoms with Gasteiger partial charge in [-0.2, -0.15) is 4.57 Å². The first-order valence-corrected chi connectivity index (χ1v) is 8.62. The molecule has 2 N–H and O–H groups in total. The van der Waals surface area contributed by atoms with Crippen LogP contribution in [0.25, 0.3) is 32.9 Å². The minimum absolute atomic E-state index is 0.148. The third kappa shape index (κ3) is 2.08. The van der Waals surface area contributed by atoms with E-state index in [0.717, 1.165) is 33.3 Å². The summed E-state index contributed by atoms with van der Waals surface area (Å²) in [7, 11) is 1.87. The van der Waals surface area contributed by atoms with Crippen LogP contribution in [-0.2, 0) is 7.05 Å². The quantitative estimate of drug-likeness (QED) is 0.361. The highest BCUT2D eigenvalue weighted by Crippen LogP contribution is 2.46. The summed E-state index contributed by atoms with van der Waals surface area (Å²) in [5.41, 5.74) is 9.13. The van der Waals surface area contributed by atoms with E-state index in [0.29, 0.717) is 16.7 Å². The monoisotopic (exact) mass is 359 g/mol. The number of hydrogen-bond acceptors (Lipinski definition) is 2. The fourth-order valence-corrected chi connectivity index (χ4v) is 3.97. The van der Waals surface area contributed by atoms with Gasteiger partial charge in [-0.3, -0.25) is 4.79 Å². The standard InChI is InChI=1S/C22H15FN2O2/c1-11-6-7-17-14(8-11)21-20-13(4-3-5-18(20)27-17)19-15(23)9-12(22(24)26)10-16(19)25(21)2/h3-10H,1-2H3,(H-,24,26)/p+1. The van der Waals surface area contributed by atoms with Crippen molar-refractivity contribution in [3.63, 3.8) is 0 Å². The zero-order valence-electron chi connectivity index (χ0n) is 14.8. The van der Waals surface area contributed by atoms with Crippen LogP contribution in [0.1, 0.15) is 15.9 Å². The summed E-state index contributed by atoms with van der Waals surface area (Å²) in [6.07, 6.45) is 0. The number of aromatic nitrogens is 1. The lowest BCUT2D eigenvalue weighted by molar-refractivity contribution is -0.632. The highest BCUT2D eigenvalue weighted by atomic mass is 19.1. The lowest BCUT2D eigenvalue weighted by Gasteiger charge is -2.20. The van der Waals surface area contributed by atoms with Crippen molar-refractivity contribution in [1.82, 2.24) is 0 Å². The minimum Gasteiger partial charge on any atom is -0.456 e. The Labute approximate surface area is 154 Å². The van der Waals surface area contributed by atoms with Gasteiger partial charge in [-0.25, -0.2) is 4.39 Å². The predicted octanol–water partition coefficient (Wildman–Crippen LogP) is 4.14. The van der Waals surface area contributed by atoms with Crippen molar-refractivity contribution < 1.29 is 18.5 Å². The number of benzene rings is 3. The molecule has 0 atom stereocenters. The Balaban J connectivity index is 2.06. The van der Waals surface area contributed by atoms with Gasteiger partial charge in [-0.15, -0.1) is 0 Å². The Morgan fingerprint density at radius 2 is 1.89 bits per heavy atom. The number of ether oxygens (including phenoxy) is 1. The summed E-state index contributed by atoms with van der Waals surface area (Å²) in [6.45, 7) is 2.02. The number of hydrogen-bond donors (Lipinski definition) is 1. The number of pyridine rings is 1. The second kappa shape index (κ2) is 5.27. The molecule has 0 unspecified atom stereocenters. The van der Waals surface area contributed by atoms with Crippen LogP contribution in [0.4, 0.5) is 4.39 Å². The van der Waals surface area contributed by atoms with Gasteiger partial charge >= 0.3 is 0 Å². The van der Waals surface area contributed by atoms with E-state index in [-0.39, 0.29) is 5.56 Å². The topological polar surface area (TPSA) is 56.2 Å². The molecule has 1 amide bonds. The van der Waals surface area contributed by atoms with E-state index in [1.54, 1.807) is 6.07 Å². The van der Waals surface area contributed by atoms with Crippen LogP contribution in [0.2, 0.25) is 0 Å². The van der Waals surface area contributed by atoms with Crippen molar-refractivity contribution in [2.45, 2.75) is 6.92 Å². The first-order valence-electron chi connectivity index (χ1n) is 8.62. The van der Waals surface area contributed by atoms with Crippen LogP contribution < -0.4 is 15.0 Å². The molecule has 2 heterocycles. The Morgan fingerprint density at radius 3 is 2.67 bits per heavy atom. The van der Waals surface area contributed by atoms with E-state index in [1.807, 2.05) is 48.9 Å². The van der Waals surface area contributed by atoms with Crippen molar-refractivity contribution in [3.05, 3.63) is 65.5 Å². The van der Waals surface area contributed by atoms with E-state index in [2.05, 4.69) is 6.07 Å². The zero-order chi connectivity index (χ0) is 18.9. The van der Waals surface area contributed by atoms with Gasteiger partial charge in [-0.1, -0.05) is 23.8 Å². The number of aryl methyl sites for hydroxylation is 2. The molecule has 1 aliphatic rings. The van der Waals surface area contributed by atoms with Crippen LogP contribution in [0.5, 0.6) is 11.5 Å². The van der Waals surface area contributed by atoms with Gasteiger partial charge in [0.25, 0.3) is 0 Å². The van der Waals surface area contributed by atoms with Gasteiger partial charge < -0.3 is 10.5 Å². The molecule has 0 spiro atoms. The average Bonchev–Trinajstić information content (AvgIpc) is 2.64. The first kappa shape index (κ1) is 15.8. The molecular weight excluding hydrogens is 343 g/mol. The fourth-order valence-electron chi connectivity index (χ4n) is 3.97. The molecule has 5 rings (SSSR count). The molecule has 132 valence electrons. The van der Waals surface area contributed by atoms with Crippen LogP contribution in [0.15, 0.2) is 48.5 Å². The number of carbonyl (C=O) groups excluding carboxylic acids is 1. The number of primary amides is 1. The maximum absolute atomic E-state index is 15.0. The first-order chi connectivity index (χ1) is 13.0. The SMILES string of the molecule is Cc1ccc2c(c1)-c1c3c(cccc3c3c(F)cc(C(N)=O)cc3[n+]1C)O2. The van der Waals surface area contributed by atoms with Crippen molar-refractivity contribution >= 4 is 27.6 Å². The summed E-state index contributed by atoms with van der Waals surface area (Å²) >= 11 is 0.